The fourth-order valence-corrected chi connectivity index (χ4v) is 3.83. The lowest BCUT2D eigenvalue weighted by Crippen LogP contribution is -2.47. The van der Waals surface area contributed by atoms with Gasteiger partial charge in [0.15, 0.2) is 0 Å². The van der Waals surface area contributed by atoms with E-state index in [1.807, 2.05) is 6.07 Å². The van der Waals surface area contributed by atoms with Crippen LogP contribution >= 0.6 is 12.4 Å². The number of hydrogen-bond donors (Lipinski definition) is 2. The van der Waals surface area contributed by atoms with Crippen molar-refractivity contribution in [1.82, 2.24) is 15.6 Å². The number of rotatable bonds is 3. The van der Waals surface area contributed by atoms with Crippen molar-refractivity contribution < 1.29 is 22.7 Å². The van der Waals surface area contributed by atoms with Gasteiger partial charge in [0, 0.05) is 12.7 Å². The van der Waals surface area contributed by atoms with Gasteiger partial charge < -0.3 is 10.1 Å². The first-order valence-electron chi connectivity index (χ1n) is 8.73. The van der Waals surface area contributed by atoms with Crippen LogP contribution in [-0.4, -0.2) is 29.3 Å². The lowest BCUT2D eigenvalue weighted by Gasteiger charge is -2.21. The summed E-state index contributed by atoms with van der Waals surface area (Å²) in [7, 11) is 0. The van der Waals surface area contributed by atoms with Crippen LogP contribution in [0.4, 0.5) is 13.2 Å². The van der Waals surface area contributed by atoms with E-state index in [0.29, 0.717) is 12.1 Å². The molecule has 0 radical (unpaired) electrons. The van der Waals surface area contributed by atoms with E-state index in [4.69, 9.17) is 0 Å². The Morgan fingerprint density at radius 2 is 1.93 bits per heavy atom. The van der Waals surface area contributed by atoms with E-state index >= 15 is 0 Å². The maximum atomic E-state index is 12.4. The Balaban J connectivity index is 0.00000225. The van der Waals surface area contributed by atoms with Gasteiger partial charge in [0.25, 0.3) is 0 Å². The molecule has 2 N–H and O–H groups in total. The zero-order valence-corrected chi connectivity index (χ0v) is 15.6. The Labute approximate surface area is 166 Å². The molecule has 3 heterocycles. The van der Waals surface area contributed by atoms with Crippen molar-refractivity contribution in [2.45, 2.75) is 37.2 Å². The Bertz CT molecular complexity index is 877. The quantitative estimate of drug-likeness (QED) is 0.804. The molecule has 0 unspecified atom stereocenters. The normalized spacial score (nSPS) is 24.1. The second kappa shape index (κ2) is 7.60. The minimum atomic E-state index is -4.73. The molecule has 5 nitrogen and oxygen atoms in total. The Hall–Kier alpha value is -2.32. The first kappa shape index (κ1) is 20.4. The largest absolute Gasteiger partial charge is 0.573 e. The first-order chi connectivity index (χ1) is 12.8. The topological polar surface area (TPSA) is 63.2 Å². The molecule has 4 rings (SSSR count). The van der Waals surface area contributed by atoms with Gasteiger partial charge in [0.05, 0.1) is 11.7 Å². The number of carbonyl (C=O) groups excluding carboxylic acids is 1. The molecule has 2 aromatic rings. The van der Waals surface area contributed by atoms with Crippen molar-refractivity contribution in [2.75, 3.05) is 6.54 Å². The number of benzene rings is 1. The lowest BCUT2D eigenvalue weighted by molar-refractivity contribution is -0.274. The van der Waals surface area contributed by atoms with Crippen LogP contribution in [0.25, 0.3) is 11.1 Å². The highest BCUT2D eigenvalue weighted by Crippen LogP contribution is 2.37. The molecular weight excluding hydrogens is 395 g/mol. The molecule has 150 valence electrons. The minimum absolute atomic E-state index is 0. The van der Waals surface area contributed by atoms with Crippen LogP contribution in [0, 0.1) is 0 Å². The monoisotopic (exact) mass is 413 g/mol. The van der Waals surface area contributed by atoms with E-state index in [2.05, 4.69) is 20.4 Å². The fourth-order valence-electron chi connectivity index (χ4n) is 3.83. The number of pyridine rings is 1. The van der Waals surface area contributed by atoms with Gasteiger partial charge in [-0.05, 0) is 54.7 Å². The van der Waals surface area contributed by atoms with E-state index in [1.54, 1.807) is 18.3 Å². The zero-order valence-electron chi connectivity index (χ0n) is 14.8. The zero-order chi connectivity index (χ0) is 19.1. The molecule has 2 aliphatic heterocycles. The summed E-state index contributed by atoms with van der Waals surface area (Å²) in [4.78, 5) is 16.5. The number of nitrogens with zero attached hydrogens (tertiary/aromatic N) is 1. The summed E-state index contributed by atoms with van der Waals surface area (Å²) in [5.41, 5.74) is 1.59. The van der Waals surface area contributed by atoms with Crippen molar-refractivity contribution in [3.63, 3.8) is 0 Å². The molecule has 2 fully saturated rings. The van der Waals surface area contributed by atoms with Crippen LogP contribution in [0.15, 0.2) is 42.6 Å². The number of ether oxygens (including phenoxy) is 1. The molecule has 0 saturated carbocycles. The molecule has 2 saturated heterocycles. The smallest absolute Gasteiger partial charge is 0.406 e. The Morgan fingerprint density at radius 1 is 1.14 bits per heavy atom. The van der Waals surface area contributed by atoms with E-state index in [1.165, 1.54) is 18.2 Å². The molecule has 2 aliphatic rings. The van der Waals surface area contributed by atoms with Crippen LogP contribution in [0.2, 0.25) is 0 Å². The molecule has 2 atom stereocenters. The standard InChI is InChI=1S/C19H18F3N3O2.ClH/c20-19(21,22)27-14-3-1-2-12(10-14)13-5-8-23-16(11-13)15-4-6-18(25-15)7-9-24-17(18)26;/h1-3,5,8,10-11,15,25H,4,6-7,9H2,(H,24,26);1H/t15-,18-;/m1./s1. The van der Waals surface area contributed by atoms with E-state index in [0.717, 1.165) is 30.5 Å². The third-order valence-corrected chi connectivity index (χ3v) is 5.12. The Kier molecular flexibility index (Phi) is 5.54. The van der Waals surface area contributed by atoms with Gasteiger partial charge in [-0.15, -0.1) is 25.6 Å². The van der Waals surface area contributed by atoms with Gasteiger partial charge in [-0.3, -0.25) is 15.1 Å². The van der Waals surface area contributed by atoms with Gasteiger partial charge in [0.2, 0.25) is 5.91 Å². The van der Waals surface area contributed by atoms with E-state index in [9.17, 15) is 18.0 Å². The van der Waals surface area contributed by atoms with E-state index in [-0.39, 0.29) is 30.1 Å². The first-order valence-corrected chi connectivity index (χ1v) is 8.73. The maximum absolute atomic E-state index is 12.4. The molecular formula is C19H19ClF3N3O2. The third kappa shape index (κ3) is 4.07. The Morgan fingerprint density at radius 3 is 2.64 bits per heavy atom. The average Bonchev–Trinajstić information content (AvgIpc) is 3.21. The molecule has 1 aromatic carbocycles. The summed E-state index contributed by atoms with van der Waals surface area (Å²) in [6.45, 7) is 0.665. The van der Waals surface area contributed by atoms with Crippen molar-refractivity contribution in [1.29, 1.82) is 0 Å². The summed E-state index contributed by atoms with van der Waals surface area (Å²) in [5.74, 6) is -0.239. The number of halogens is 4. The van der Waals surface area contributed by atoms with Crippen LogP contribution in [0.5, 0.6) is 5.75 Å². The summed E-state index contributed by atoms with van der Waals surface area (Å²) >= 11 is 0. The number of alkyl halides is 3. The van der Waals surface area contributed by atoms with E-state index < -0.39 is 11.9 Å². The van der Waals surface area contributed by atoms with Crippen LogP contribution in [-0.2, 0) is 4.79 Å². The third-order valence-electron chi connectivity index (χ3n) is 5.12. The number of hydrogen-bond acceptors (Lipinski definition) is 4. The summed E-state index contributed by atoms with van der Waals surface area (Å²) in [5, 5.41) is 6.26. The molecule has 9 heteroatoms. The van der Waals surface area contributed by atoms with Crippen molar-refractivity contribution in [3.05, 3.63) is 48.3 Å². The van der Waals surface area contributed by atoms with Crippen molar-refractivity contribution in [3.8, 4) is 16.9 Å². The number of amides is 1. The second-order valence-corrected chi connectivity index (χ2v) is 6.87. The highest BCUT2D eigenvalue weighted by atomic mass is 35.5. The number of nitrogens with one attached hydrogen (secondary N) is 2. The molecule has 1 amide bonds. The van der Waals surface area contributed by atoms with Gasteiger partial charge >= 0.3 is 6.36 Å². The molecule has 0 aliphatic carbocycles. The van der Waals surface area contributed by atoms with Gasteiger partial charge in [0.1, 0.15) is 11.3 Å². The lowest BCUT2D eigenvalue weighted by atomic mass is 9.96. The molecule has 28 heavy (non-hydrogen) atoms. The van der Waals surface area contributed by atoms with Crippen LogP contribution < -0.4 is 15.4 Å². The average molecular weight is 414 g/mol. The molecule has 0 bridgehead atoms. The summed E-state index contributed by atoms with van der Waals surface area (Å²) in [6.07, 6.45) is -0.834. The van der Waals surface area contributed by atoms with Crippen LogP contribution in [0.3, 0.4) is 0 Å². The molecule has 1 spiro atoms. The summed E-state index contributed by atoms with van der Waals surface area (Å²) < 4.78 is 41.3. The molecule has 1 aromatic heterocycles. The van der Waals surface area contributed by atoms with Crippen molar-refractivity contribution in [2.24, 2.45) is 0 Å². The fraction of sp³-hybridized carbons (Fsp3) is 0.368. The predicted octanol–water partition coefficient (Wildman–Crippen LogP) is 3.75. The highest BCUT2D eigenvalue weighted by Gasteiger charge is 2.48. The van der Waals surface area contributed by atoms with Gasteiger partial charge in [-0.1, -0.05) is 12.1 Å². The van der Waals surface area contributed by atoms with Gasteiger partial charge in [-0.25, -0.2) is 0 Å². The maximum Gasteiger partial charge on any atom is 0.573 e. The minimum Gasteiger partial charge on any atom is -0.406 e. The summed E-state index contributed by atoms with van der Waals surface area (Å²) in [6, 6.07) is 9.36. The van der Waals surface area contributed by atoms with Crippen LogP contribution in [0.1, 0.15) is 31.0 Å². The van der Waals surface area contributed by atoms with Crippen molar-refractivity contribution >= 4 is 18.3 Å². The predicted molar refractivity (Wildman–Crippen MR) is 99.1 cm³/mol. The number of carbonyl (C=O) groups is 1. The second-order valence-electron chi connectivity index (χ2n) is 6.87. The van der Waals surface area contributed by atoms with Gasteiger partial charge in [-0.2, -0.15) is 0 Å². The SMILES string of the molecule is Cl.O=C1NCC[C@]12CC[C@H](c1cc(-c3cccc(OC(F)(F)F)c3)ccn1)N2. The number of aromatic nitrogens is 1. The highest BCUT2D eigenvalue weighted by molar-refractivity contribution is 5.88.